The molecule has 1 N–H and O–H groups in total. The highest BCUT2D eigenvalue weighted by atomic mass is 16.7. The minimum atomic E-state index is -0.970. The largest absolute Gasteiger partial charge is 0.478 e. The quantitative estimate of drug-likeness (QED) is 0.872. The van der Waals surface area contributed by atoms with Gasteiger partial charge in [0.15, 0.2) is 0 Å². The van der Waals surface area contributed by atoms with Crippen molar-refractivity contribution in [3.8, 4) is 0 Å². The second-order valence-corrected chi connectivity index (χ2v) is 4.45. The summed E-state index contributed by atoms with van der Waals surface area (Å²) >= 11 is 0. The second kappa shape index (κ2) is 4.57. The van der Waals surface area contributed by atoms with Crippen LogP contribution in [0.2, 0.25) is 0 Å². The Hall–Kier alpha value is -1.84. The number of carboxylic acid groups (broad SMARTS) is 1. The van der Waals surface area contributed by atoms with Gasteiger partial charge >= 0.3 is 5.97 Å². The van der Waals surface area contributed by atoms with Crippen molar-refractivity contribution in [1.82, 2.24) is 0 Å². The molecule has 1 aliphatic rings. The highest BCUT2D eigenvalue weighted by molar-refractivity contribution is 6.03. The Morgan fingerprint density at radius 2 is 2.06 bits per heavy atom. The number of hydrogen-bond donors (Lipinski definition) is 1. The van der Waals surface area contributed by atoms with Crippen LogP contribution in [0.25, 0.3) is 0 Å². The lowest BCUT2D eigenvalue weighted by atomic mass is 9.99. The Labute approximate surface area is 99.9 Å². The molecule has 90 valence electrons. The maximum Gasteiger partial charge on any atom is 0.348 e. The number of oxime groups is 1. The van der Waals surface area contributed by atoms with Crippen molar-refractivity contribution in [2.45, 2.75) is 32.3 Å². The molecule has 4 heteroatoms. The molecular formula is C13H15NO3. The molecule has 0 radical (unpaired) electrons. The third-order valence-corrected chi connectivity index (χ3v) is 2.85. The monoisotopic (exact) mass is 233 g/mol. The van der Waals surface area contributed by atoms with E-state index in [4.69, 9.17) is 9.94 Å². The summed E-state index contributed by atoms with van der Waals surface area (Å²) < 4.78 is 0. The van der Waals surface area contributed by atoms with Gasteiger partial charge in [-0.3, -0.25) is 0 Å². The number of aliphatic carboxylic acids is 1. The lowest BCUT2D eigenvalue weighted by molar-refractivity contribution is -0.148. The predicted molar refractivity (Wildman–Crippen MR) is 64.2 cm³/mol. The van der Waals surface area contributed by atoms with Crippen molar-refractivity contribution < 1.29 is 14.7 Å². The zero-order valence-electron chi connectivity index (χ0n) is 9.88. The summed E-state index contributed by atoms with van der Waals surface area (Å²) in [4.78, 5) is 15.6. The van der Waals surface area contributed by atoms with Crippen LogP contribution in [0, 0.1) is 0 Å². The summed E-state index contributed by atoms with van der Waals surface area (Å²) in [6.07, 6.45) is -0.508. The standard InChI is InChI=1S/C13H15NO3/c1-8(2)9-3-5-10(6-4-9)11-7-12(13(15)16)17-14-11/h3-6,8,12H,7H2,1-2H3,(H,15,16)/t12-/m0/s1. The molecule has 0 aliphatic carbocycles. The van der Waals surface area contributed by atoms with E-state index in [-0.39, 0.29) is 0 Å². The molecule has 0 amide bonds. The molecule has 0 spiro atoms. The lowest BCUT2D eigenvalue weighted by Gasteiger charge is -2.06. The average molecular weight is 233 g/mol. The summed E-state index contributed by atoms with van der Waals surface area (Å²) in [5.41, 5.74) is 2.88. The SMILES string of the molecule is CC(C)c1ccc(C2=NO[C@H](C(=O)O)C2)cc1. The summed E-state index contributed by atoms with van der Waals surface area (Å²) in [7, 11) is 0. The molecule has 4 nitrogen and oxygen atoms in total. The van der Waals surface area contributed by atoms with Crippen molar-refractivity contribution in [3.05, 3.63) is 35.4 Å². The third kappa shape index (κ3) is 2.46. The summed E-state index contributed by atoms with van der Waals surface area (Å²) in [6.45, 7) is 4.26. The Morgan fingerprint density at radius 1 is 1.41 bits per heavy atom. The van der Waals surface area contributed by atoms with Crippen molar-refractivity contribution in [2.24, 2.45) is 5.16 Å². The van der Waals surface area contributed by atoms with E-state index < -0.39 is 12.1 Å². The van der Waals surface area contributed by atoms with Crippen LogP contribution < -0.4 is 0 Å². The Morgan fingerprint density at radius 3 is 2.53 bits per heavy atom. The number of carboxylic acids is 1. The van der Waals surface area contributed by atoms with Crippen LogP contribution in [-0.4, -0.2) is 22.9 Å². The summed E-state index contributed by atoms with van der Waals surface area (Å²) in [5.74, 6) is -0.486. The van der Waals surface area contributed by atoms with Crippen LogP contribution in [0.15, 0.2) is 29.4 Å². The maximum atomic E-state index is 10.7. The van der Waals surface area contributed by atoms with E-state index in [0.717, 1.165) is 5.56 Å². The molecule has 17 heavy (non-hydrogen) atoms. The van der Waals surface area contributed by atoms with Gasteiger partial charge in [0.2, 0.25) is 6.10 Å². The van der Waals surface area contributed by atoms with E-state index in [1.165, 1.54) is 5.56 Å². The van der Waals surface area contributed by atoms with E-state index in [2.05, 4.69) is 19.0 Å². The minimum absolute atomic E-state index is 0.330. The van der Waals surface area contributed by atoms with Gasteiger partial charge in [-0.15, -0.1) is 0 Å². The van der Waals surface area contributed by atoms with Gasteiger partial charge in [-0.1, -0.05) is 43.3 Å². The van der Waals surface area contributed by atoms with Gasteiger partial charge in [-0.25, -0.2) is 4.79 Å². The molecule has 0 bridgehead atoms. The molecule has 1 heterocycles. The predicted octanol–water partition coefficient (Wildman–Crippen LogP) is 2.39. The molecule has 0 aromatic heterocycles. The van der Waals surface area contributed by atoms with Crippen molar-refractivity contribution in [3.63, 3.8) is 0 Å². The third-order valence-electron chi connectivity index (χ3n) is 2.85. The molecule has 1 aliphatic heterocycles. The van der Waals surface area contributed by atoms with Crippen molar-refractivity contribution in [2.75, 3.05) is 0 Å². The summed E-state index contributed by atoms with van der Waals surface area (Å²) in [6, 6.07) is 8.00. The van der Waals surface area contributed by atoms with Gasteiger partial charge in [0.1, 0.15) is 0 Å². The molecule has 0 saturated heterocycles. The molecule has 0 saturated carbocycles. The van der Waals surface area contributed by atoms with E-state index in [0.29, 0.717) is 18.1 Å². The van der Waals surface area contributed by atoms with E-state index in [1.54, 1.807) is 0 Å². The average Bonchev–Trinajstić information content (AvgIpc) is 2.78. The van der Waals surface area contributed by atoms with Crippen LogP contribution in [0.4, 0.5) is 0 Å². The Bertz CT molecular complexity index is 448. The van der Waals surface area contributed by atoms with E-state index in [1.807, 2.05) is 24.3 Å². The van der Waals surface area contributed by atoms with Crippen LogP contribution in [0.3, 0.4) is 0 Å². The first-order chi connectivity index (χ1) is 8.08. The van der Waals surface area contributed by atoms with Gasteiger partial charge in [0, 0.05) is 6.42 Å². The zero-order chi connectivity index (χ0) is 12.4. The first kappa shape index (κ1) is 11.6. The molecule has 1 aromatic rings. The fourth-order valence-electron chi connectivity index (χ4n) is 1.74. The van der Waals surface area contributed by atoms with Crippen molar-refractivity contribution in [1.29, 1.82) is 0 Å². The first-order valence-corrected chi connectivity index (χ1v) is 5.63. The van der Waals surface area contributed by atoms with Crippen LogP contribution in [0.1, 0.15) is 37.3 Å². The number of nitrogens with zero attached hydrogens (tertiary/aromatic N) is 1. The highest BCUT2D eigenvalue weighted by Crippen LogP contribution is 2.19. The van der Waals surface area contributed by atoms with Crippen molar-refractivity contribution >= 4 is 11.7 Å². The van der Waals surface area contributed by atoms with E-state index >= 15 is 0 Å². The van der Waals surface area contributed by atoms with Crippen LogP contribution >= 0.6 is 0 Å². The second-order valence-electron chi connectivity index (χ2n) is 4.45. The lowest BCUT2D eigenvalue weighted by Crippen LogP contribution is -2.19. The molecule has 0 unspecified atom stereocenters. The number of hydrogen-bond acceptors (Lipinski definition) is 3. The minimum Gasteiger partial charge on any atom is -0.478 e. The van der Waals surface area contributed by atoms with Gasteiger partial charge < -0.3 is 9.94 Å². The number of carbonyl (C=O) groups is 1. The van der Waals surface area contributed by atoms with Crippen LogP contribution in [-0.2, 0) is 9.63 Å². The summed E-state index contributed by atoms with van der Waals surface area (Å²) in [5, 5.41) is 12.6. The fraction of sp³-hybridized carbons (Fsp3) is 0.385. The van der Waals surface area contributed by atoms with Gasteiger partial charge in [0.25, 0.3) is 0 Å². The topological polar surface area (TPSA) is 58.9 Å². The number of benzene rings is 1. The maximum absolute atomic E-state index is 10.7. The highest BCUT2D eigenvalue weighted by Gasteiger charge is 2.28. The molecule has 1 atom stereocenters. The Kier molecular flexibility index (Phi) is 3.13. The zero-order valence-corrected chi connectivity index (χ0v) is 9.88. The fourth-order valence-corrected chi connectivity index (χ4v) is 1.74. The van der Waals surface area contributed by atoms with Gasteiger partial charge in [0.05, 0.1) is 5.71 Å². The molecule has 1 aromatic carbocycles. The van der Waals surface area contributed by atoms with Gasteiger partial charge in [-0.2, -0.15) is 0 Å². The van der Waals surface area contributed by atoms with Gasteiger partial charge in [-0.05, 0) is 17.0 Å². The number of rotatable bonds is 3. The van der Waals surface area contributed by atoms with E-state index in [9.17, 15) is 4.79 Å². The molecular weight excluding hydrogens is 218 g/mol. The smallest absolute Gasteiger partial charge is 0.348 e. The Balaban J connectivity index is 2.12. The normalized spacial score (nSPS) is 19.0. The van der Waals surface area contributed by atoms with Crippen LogP contribution in [0.5, 0.6) is 0 Å². The molecule has 2 rings (SSSR count). The molecule has 0 fully saturated rings. The first-order valence-electron chi connectivity index (χ1n) is 5.63.